The highest BCUT2D eigenvalue weighted by Crippen LogP contribution is 2.22. The second-order valence-corrected chi connectivity index (χ2v) is 7.76. The van der Waals surface area contributed by atoms with Crippen LogP contribution in [0.2, 0.25) is 0 Å². The van der Waals surface area contributed by atoms with E-state index in [1.54, 1.807) is 0 Å². The Morgan fingerprint density at radius 2 is 1.87 bits per heavy atom. The number of benzene rings is 2. The van der Waals surface area contributed by atoms with Crippen molar-refractivity contribution >= 4 is 28.3 Å². The Morgan fingerprint density at radius 3 is 2.65 bits per heavy atom. The Balaban J connectivity index is 1.60. The minimum Gasteiger partial charge on any atom is -0.399 e. The minimum atomic E-state index is 0.685. The molecule has 1 aliphatic rings. The van der Waals surface area contributed by atoms with Crippen LogP contribution in [0.15, 0.2) is 48.5 Å². The number of hydrogen-bond donors (Lipinski definition) is 1. The molecule has 1 heterocycles. The maximum absolute atomic E-state index is 5.89. The third kappa shape index (κ3) is 4.95. The number of nitrogens with zero attached hydrogens (tertiary/aromatic N) is 1. The standard InChI is InChI=1S/C20H25IN2/c21-18-9-7-17(8-10-18)15-20-6-1-2-12-23(20)13-11-16-4-3-5-19(22)14-16/h3-5,7-10,14,20H,1-2,6,11-13,15,22H2. The molecule has 1 atom stereocenters. The molecule has 0 amide bonds. The fourth-order valence-electron chi connectivity index (χ4n) is 3.50. The van der Waals surface area contributed by atoms with Crippen molar-refractivity contribution < 1.29 is 0 Å². The van der Waals surface area contributed by atoms with Crippen molar-refractivity contribution in [2.45, 2.75) is 38.1 Å². The zero-order valence-electron chi connectivity index (χ0n) is 13.5. The van der Waals surface area contributed by atoms with E-state index in [0.29, 0.717) is 6.04 Å². The zero-order chi connectivity index (χ0) is 16.1. The normalized spacial score (nSPS) is 18.9. The van der Waals surface area contributed by atoms with E-state index in [2.05, 4.69) is 70.0 Å². The fourth-order valence-corrected chi connectivity index (χ4v) is 3.86. The van der Waals surface area contributed by atoms with E-state index in [0.717, 1.165) is 18.7 Å². The van der Waals surface area contributed by atoms with Gasteiger partial charge in [0.05, 0.1) is 0 Å². The molecular formula is C20H25IN2. The molecular weight excluding hydrogens is 395 g/mol. The molecule has 0 bridgehead atoms. The average molecular weight is 420 g/mol. The van der Waals surface area contributed by atoms with Crippen LogP contribution in [0, 0.1) is 3.57 Å². The second-order valence-electron chi connectivity index (χ2n) is 6.51. The van der Waals surface area contributed by atoms with Crippen LogP contribution in [0.1, 0.15) is 30.4 Å². The van der Waals surface area contributed by atoms with Gasteiger partial charge in [-0.3, -0.25) is 4.90 Å². The van der Waals surface area contributed by atoms with Crippen molar-refractivity contribution in [3.05, 3.63) is 63.2 Å². The molecule has 0 radical (unpaired) electrons. The van der Waals surface area contributed by atoms with Crippen LogP contribution in [-0.4, -0.2) is 24.0 Å². The molecule has 0 aromatic heterocycles. The Bertz CT molecular complexity index is 624. The van der Waals surface area contributed by atoms with Gasteiger partial charge in [0.25, 0.3) is 0 Å². The van der Waals surface area contributed by atoms with Crippen LogP contribution in [-0.2, 0) is 12.8 Å². The van der Waals surface area contributed by atoms with E-state index in [-0.39, 0.29) is 0 Å². The number of rotatable bonds is 5. The predicted octanol–water partition coefficient (Wildman–Crippen LogP) is 4.51. The van der Waals surface area contributed by atoms with Crippen LogP contribution in [0.5, 0.6) is 0 Å². The molecule has 2 nitrogen and oxygen atoms in total. The smallest absolute Gasteiger partial charge is 0.0316 e. The topological polar surface area (TPSA) is 29.3 Å². The summed E-state index contributed by atoms with van der Waals surface area (Å²) in [5.41, 5.74) is 9.58. The van der Waals surface area contributed by atoms with Crippen molar-refractivity contribution in [1.82, 2.24) is 4.90 Å². The van der Waals surface area contributed by atoms with Crippen LogP contribution < -0.4 is 5.73 Å². The van der Waals surface area contributed by atoms with Gasteiger partial charge in [0.15, 0.2) is 0 Å². The highest BCUT2D eigenvalue weighted by atomic mass is 127. The number of likely N-dealkylation sites (tertiary alicyclic amines) is 1. The highest BCUT2D eigenvalue weighted by molar-refractivity contribution is 14.1. The quantitative estimate of drug-likeness (QED) is 0.570. The van der Waals surface area contributed by atoms with Gasteiger partial charge >= 0.3 is 0 Å². The van der Waals surface area contributed by atoms with Crippen molar-refractivity contribution in [2.75, 3.05) is 18.8 Å². The maximum Gasteiger partial charge on any atom is 0.0316 e. The molecule has 1 saturated heterocycles. The maximum atomic E-state index is 5.89. The summed E-state index contributed by atoms with van der Waals surface area (Å²) in [6, 6.07) is 18.0. The first-order valence-corrected chi connectivity index (χ1v) is 9.61. The monoisotopic (exact) mass is 420 g/mol. The van der Waals surface area contributed by atoms with E-state index >= 15 is 0 Å². The average Bonchev–Trinajstić information content (AvgIpc) is 2.56. The second kappa shape index (κ2) is 8.15. The van der Waals surface area contributed by atoms with Crippen molar-refractivity contribution in [2.24, 2.45) is 0 Å². The minimum absolute atomic E-state index is 0.685. The van der Waals surface area contributed by atoms with Gasteiger partial charge in [0.1, 0.15) is 0 Å². The van der Waals surface area contributed by atoms with Crippen molar-refractivity contribution in [3.8, 4) is 0 Å². The van der Waals surface area contributed by atoms with E-state index in [9.17, 15) is 0 Å². The van der Waals surface area contributed by atoms with Crippen molar-refractivity contribution in [3.63, 3.8) is 0 Å². The Kier molecular flexibility index (Phi) is 5.95. The number of nitrogen functional groups attached to an aromatic ring is 1. The lowest BCUT2D eigenvalue weighted by Crippen LogP contribution is -2.42. The van der Waals surface area contributed by atoms with Gasteiger partial charge in [-0.15, -0.1) is 0 Å². The molecule has 3 heteroatoms. The number of nitrogens with two attached hydrogens (primary N) is 1. The summed E-state index contributed by atoms with van der Waals surface area (Å²) in [7, 11) is 0. The van der Waals surface area contributed by atoms with E-state index in [1.807, 2.05) is 6.07 Å². The van der Waals surface area contributed by atoms with Gasteiger partial charge in [-0.05, 0) is 90.2 Å². The van der Waals surface area contributed by atoms with Gasteiger partial charge < -0.3 is 5.73 Å². The summed E-state index contributed by atoms with van der Waals surface area (Å²) in [4.78, 5) is 2.69. The molecule has 1 aliphatic heterocycles. The lowest BCUT2D eigenvalue weighted by Gasteiger charge is -2.36. The summed E-state index contributed by atoms with van der Waals surface area (Å²) in [6.45, 7) is 2.37. The Labute approximate surface area is 153 Å². The van der Waals surface area contributed by atoms with Crippen molar-refractivity contribution in [1.29, 1.82) is 0 Å². The van der Waals surface area contributed by atoms with Gasteiger partial charge in [-0.25, -0.2) is 0 Å². The fraction of sp³-hybridized carbons (Fsp3) is 0.400. The molecule has 1 unspecified atom stereocenters. The number of halogens is 1. The molecule has 2 aromatic rings. The molecule has 23 heavy (non-hydrogen) atoms. The number of piperidine rings is 1. The molecule has 2 aromatic carbocycles. The van der Waals surface area contributed by atoms with Gasteiger partial charge in [-0.2, -0.15) is 0 Å². The molecule has 1 fully saturated rings. The highest BCUT2D eigenvalue weighted by Gasteiger charge is 2.22. The van der Waals surface area contributed by atoms with Crippen LogP contribution >= 0.6 is 22.6 Å². The molecule has 0 aliphatic carbocycles. The molecule has 0 saturated carbocycles. The summed E-state index contributed by atoms with van der Waals surface area (Å²) in [5.74, 6) is 0. The third-order valence-corrected chi connectivity index (χ3v) is 5.49. The van der Waals surface area contributed by atoms with Gasteiger partial charge in [-0.1, -0.05) is 30.7 Å². The Hall–Kier alpha value is -1.07. The van der Waals surface area contributed by atoms with Crippen LogP contribution in [0.3, 0.4) is 0 Å². The third-order valence-electron chi connectivity index (χ3n) is 4.77. The van der Waals surface area contributed by atoms with E-state index in [1.165, 1.54) is 46.9 Å². The largest absolute Gasteiger partial charge is 0.399 e. The van der Waals surface area contributed by atoms with E-state index in [4.69, 9.17) is 5.73 Å². The number of hydrogen-bond acceptors (Lipinski definition) is 2. The first-order chi connectivity index (χ1) is 11.2. The Morgan fingerprint density at radius 1 is 1.04 bits per heavy atom. The first-order valence-electron chi connectivity index (χ1n) is 8.53. The lowest BCUT2D eigenvalue weighted by molar-refractivity contribution is 0.149. The summed E-state index contributed by atoms with van der Waals surface area (Å²) in [6.07, 6.45) is 6.29. The lowest BCUT2D eigenvalue weighted by atomic mass is 9.95. The first kappa shape index (κ1) is 16.8. The van der Waals surface area contributed by atoms with E-state index < -0.39 is 0 Å². The zero-order valence-corrected chi connectivity index (χ0v) is 15.7. The molecule has 3 rings (SSSR count). The molecule has 0 spiro atoms. The predicted molar refractivity (Wildman–Crippen MR) is 107 cm³/mol. The summed E-state index contributed by atoms with van der Waals surface area (Å²) < 4.78 is 1.31. The molecule has 122 valence electrons. The summed E-state index contributed by atoms with van der Waals surface area (Å²) in [5, 5.41) is 0. The van der Waals surface area contributed by atoms with Crippen LogP contribution in [0.4, 0.5) is 5.69 Å². The van der Waals surface area contributed by atoms with Crippen LogP contribution in [0.25, 0.3) is 0 Å². The molecule has 2 N–H and O–H groups in total. The SMILES string of the molecule is Nc1cccc(CCN2CCCCC2Cc2ccc(I)cc2)c1. The van der Waals surface area contributed by atoms with Gasteiger partial charge in [0.2, 0.25) is 0 Å². The van der Waals surface area contributed by atoms with Gasteiger partial charge in [0, 0.05) is 21.8 Å². The summed E-state index contributed by atoms with van der Waals surface area (Å²) >= 11 is 2.37. The number of anilines is 1.